The van der Waals surface area contributed by atoms with Crippen molar-refractivity contribution < 1.29 is 0 Å². The first-order chi connectivity index (χ1) is 27.1. The van der Waals surface area contributed by atoms with Crippen LogP contribution in [0.1, 0.15) is 23.6 Å². The second kappa shape index (κ2) is 12.4. The first-order valence-corrected chi connectivity index (χ1v) is 19.6. The zero-order valence-electron chi connectivity index (χ0n) is 30.2. The molecule has 0 spiro atoms. The molecule has 1 aliphatic rings. The molecule has 258 valence electrons. The SMILES string of the molecule is CC1(c2ccccc2)c2ccccc2-c2ccc(-c3cc(-c4cccc(-c5cccc6c5sc5ccccc56)c4)nc(-c4ccc5ccccc5c4)n3)cc21. The second-order valence-corrected chi connectivity index (χ2v) is 15.7. The molecule has 11 rings (SSSR count). The first-order valence-electron chi connectivity index (χ1n) is 18.8. The van der Waals surface area contributed by atoms with Gasteiger partial charge in [0.2, 0.25) is 0 Å². The van der Waals surface area contributed by atoms with Crippen molar-refractivity contribution in [3.63, 3.8) is 0 Å². The highest BCUT2D eigenvalue weighted by molar-refractivity contribution is 7.26. The van der Waals surface area contributed by atoms with Crippen molar-refractivity contribution in [2.75, 3.05) is 0 Å². The zero-order chi connectivity index (χ0) is 36.5. The molecule has 0 aliphatic heterocycles. The van der Waals surface area contributed by atoms with Gasteiger partial charge in [0.05, 0.1) is 11.4 Å². The lowest BCUT2D eigenvalue weighted by Crippen LogP contribution is -2.22. The Morgan fingerprint density at radius 2 is 1.07 bits per heavy atom. The predicted octanol–water partition coefficient (Wildman–Crippen LogP) is 14.0. The number of hydrogen-bond acceptors (Lipinski definition) is 3. The molecule has 1 atom stereocenters. The van der Waals surface area contributed by atoms with Crippen LogP contribution in [-0.2, 0) is 5.41 Å². The van der Waals surface area contributed by atoms with Crippen molar-refractivity contribution in [3.05, 3.63) is 205 Å². The molecule has 55 heavy (non-hydrogen) atoms. The summed E-state index contributed by atoms with van der Waals surface area (Å²) in [5, 5.41) is 4.97. The van der Waals surface area contributed by atoms with Crippen LogP contribution in [0.25, 0.3) is 87.1 Å². The van der Waals surface area contributed by atoms with Gasteiger partial charge in [0, 0.05) is 42.3 Å². The molecule has 10 aromatic rings. The van der Waals surface area contributed by atoms with Gasteiger partial charge in [-0.15, -0.1) is 11.3 Å². The summed E-state index contributed by atoms with van der Waals surface area (Å²) in [7, 11) is 0. The minimum Gasteiger partial charge on any atom is -0.228 e. The number of fused-ring (bicyclic) bond motifs is 7. The Labute approximate surface area is 324 Å². The number of aromatic nitrogens is 2. The van der Waals surface area contributed by atoms with Crippen molar-refractivity contribution in [2.24, 2.45) is 0 Å². The van der Waals surface area contributed by atoms with Crippen LogP contribution in [0, 0.1) is 0 Å². The summed E-state index contributed by atoms with van der Waals surface area (Å²) >= 11 is 1.86. The lowest BCUT2D eigenvalue weighted by atomic mass is 9.74. The van der Waals surface area contributed by atoms with Gasteiger partial charge in [-0.2, -0.15) is 0 Å². The Morgan fingerprint density at radius 1 is 0.418 bits per heavy atom. The van der Waals surface area contributed by atoms with Gasteiger partial charge in [-0.05, 0) is 87.0 Å². The minimum absolute atomic E-state index is 0.303. The van der Waals surface area contributed by atoms with Crippen molar-refractivity contribution in [1.82, 2.24) is 9.97 Å². The summed E-state index contributed by atoms with van der Waals surface area (Å²) in [6.07, 6.45) is 0. The topological polar surface area (TPSA) is 25.8 Å². The van der Waals surface area contributed by atoms with E-state index in [1.165, 1.54) is 69.9 Å². The molecule has 1 aliphatic carbocycles. The normalized spacial score (nSPS) is 14.7. The van der Waals surface area contributed by atoms with Gasteiger partial charge in [-0.3, -0.25) is 0 Å². The lowest BCUT2D eigenvalue weighted by Gasteiger charge is -2.28. The summed E-state index contributed by atoms with van der Waals surface area (Å²) in [6.45, 7) is 2.37. The third-order valence-electron chi connectivity index (χ3n) is 11.6. The molecule has 0 fully saturated rings. The van der Waals surface area contributed by atoms with E-state index < -0.39 is 0 Å². The molecule has 0 bridgehead atoms. The van der Waals surface area contributed by atoms with Gasteiger partial charge in [-0.25, -0.2) is 9.97 Å². The van der Waals surface area contributed by atoms with Crippen molar-refractivity contribution in [2.45, 2.75) is 12.3 Å². The maximum atomic E-state index is 5.34. The standard InChI is InChI=1S/C52H34N2S/c1-52(39-17-3-2-4-18-39)45-23-9-7-19-41(45)42-28-27-37(31-46(42)52)48-32-47(53-51(54-48)38-26-25-33-13-5-6-14-34(33)29-38)36-16-11-15-35(30-36)40-21-12-22-44-43-20-8-10-24-49(43)55-50(40)44/h2-32H,1H3. The van der Waals surface area contributed by atoms with E-state index in [2.05, 4.69) is 195 Å². The van der Waals surface area contributed by atoms with Crippen molar-refractivity contribution in [1.29, 1.82) is 0 Å². The maximum Gasteiger partial charge on any atom is 0.160 e. The van der Waals surface area contributed by atoms with Gasteiger partial charge >= 0.3 is 0 Å². The van der Waals surface area contributed by atoms with Gasteiger partial charge in [0.15, 0.2) is 5.82 Å². The zero-order valence-corrected chi connectivity index (χ0v) is 31.0. The van der Waals surface area contributed by atoms with Crippen molar-refractivity contribution >= 4 is 42.3 Å². The fourth-order valence-corrected chi connectivity index (χ4v) is 9.99. The molecule has 2 aromatic heterocycles. The van der Waals surface area contributed by atoms with Gasteiger partial charge < -0.3 is 0 Å². The Hall–Kier alpha value is -6.68. The van der Waals surface area contributed by atoms with Gasteiger partial charge in [-0.1, -0.05) is 158 Å². The van der Waals surface area contributed by atoms with E-state index in [-0.39, 0.29) is 5.41 Å². The van der Waals surface area contributed by atoms with Crippen LogP contribution < -0.4 is 0 Å². The summed E-state index contributed by atoms with van der Waals surface area (Å²) < 4.78 is 2.61. The van der Waals surface area contributed by atoms with E-state index in [1.54, 1.807) is 0 Å². The fourth-order valence-electron chi connectivity index (χ4n) is 8.75. The second-order valence-electron chi connectivity index (χ2n) is 14.7. The van der Waals surface area contributed by atoms with E-state index in [4.69, 9.17) is 9.97 Å². The first kappa shape index (κ1) is 31.8. The quantitative estimate of drug-likeness (QED) is 0.177. The monoisotopic (exact) mass is 718 g/mol. The lowest BCUT2D eigenvalue weighted by molar-refractivity contribution is 0.714. The number of hydrogen-bond donors (Lipinski definition) is 0. The molecule has 0 N–H and O–H groups in total. The molecule has 8 aromatic carbocycles. The van der Waals surface area contributed by atoms with Crippen LogP contribution in [0.5, 0.6) is 0 Å². The van der Waals surface area contributed by atoms with E-state index in [0.717, 1.165) is 28.1 Å². The van der Waals surface area contributed by atoms with Crippen LogP contribution in [0.3, 0.4) is 0 Å². The van der Waals surface area contributed by atoms with Crippen LogP contribution in [0.2, 0.25) is 0 Å². The average molecular weight is 719 g/mol. The highest BCUT2D eigenvalue weighted by Gasteiger charge is 2.40. The van der Waals surface area contributed by atoms with Crippen LogP contribution >= 0.6 is 11.3 Å². The largest absolute Gasteiger partial charge is 0.228 e. The Kier molecular flexibility index (Phi) is 7.20. The van der Waals surface area contributed by atoms with Crippen molar-refractivity contribution in [3.8, 4) is 56.2 Å². The summed E-state index contributed by atoms with van der Waals surface area (Å²) in [5.74, 6) is 0.713. The number of nitrogens with zero attached hydrogens (tertiary/aromatic N) is 2. The molecule has 0 radical (unpaired) electrons. The Balaban J connectivity index is 1.10. The summed E-state index contributed by atoms with van der Waals surface area (Å²) in [4.78, 5) is 10.6. The molecule has 1 unspecified atom stereocenters. The van der Waals surface area contributed by atoms with Crippen LogP contribution in [0.15, 0.2) is 188 Å². The van der Waals surface area contributed by atoms with E-state index in [1.807, 2.05) is 11.3 Å². The molecular formula is C52H34N2S. The van der Waals surface area contributed by atoms with E-state index >= 15 is 0 Å². The third kappa shape index (κ3) is 5.08. The fraction of sp³-hybridized carbons (Fsp3) is 0.0385. The third-order valence-corrected chi connectivity index (χ3v) is 12.8. The molecule has 2 heterocycles. The highest BCUT2D eigenvalue weighted by atomic mass is 32.1. The smallest absolute Gasteiger partial charge is 0.160 e. The summed E-state index contributed by atoms with van der Waals surface area (Å²) in [6, 6.07) is 68.1. The highest BCUT2D eigenvalue weighted by Crippen LogP contribution is 2.53. The van der Waals surface area contributed by atoms with Crippen LogP contribution in [-0.4, -0.2) is 9.97 Å². The molecular weight excluding hydrogens is 685 g/mol. The van der Waals surface area contributed by atoms with Gasteiger partial charge in [0.1, 0.15) is 0 Å². The molecule has 0 saturated heterocycles. The number of benzene rings is 8. The van der Waals surface area contributed by atoms with E-state index in [0.29, 0.717) is 5.82 Å². The molecule has 0 amide bonds. The predicted molar refractivity (Wildman–Crippen MR) is 232 cm³/mol. The summed E-state index contributed by atoms with van der Waals surface area (Å²) in [5.41, 5.74) is 13.5. The number of rotatable bonds is 5. The molecule has 0 saturated carbocycles. The Bertz CT molecular complexity index is 3120. The van der Waals surface area contributed by atoms with E-state index in [9.17, 15) is 0 Å². The maximum absolute atomic E-state index is 5.34. The average Bonchev–Trinajstić information content (AvgIpc) is 3.77. The van der Waals surface area contributed by atoms with Crippen LogP contribution in [0.4, 0.5) is 0 Å². The molecule has 2 nitrogen and oxygen atoms in total. The molecule has 3 heteroatoms. The minimum atomic E-state index is -0.303. The van der Waals surface area contributed by atoms with Gasteiger partial charge in [0.25, 0.3) is 0 Å². The Morgan fingerprint density at radius 3 is 1.96 bits per heavy atom. The number of thiophene rings is 1.